The molecule has 0 amide bonds. The Morgan fingerprint density at radius 2 is 1.59 bits per heavy atom. The van der Waals surface area contributed by atoms with Crippen LogP contribution in [0.15, 0.2) is 0 Å². The van der Waals surface area contributed by atoms with Gasteiger partial charge in [0.25, 0.3) is 0 Å². The van der Waals surface area contributed by atoms with E-state index >= 15 is 0 Å². The van der Waals surface area contributed by atoms with Crippen LogP contribution in [-0.4, -0.2) is 5.71 Å². The first-order chi connectivity index (χ1) is 10.5. The molecule has 0 heterocycles. The van der Waals surface area contributed by atoms with Crippen molar-refractivity contribution in [1.82, 2.24) is 0 Å². The third-order valence-electron chi connectivity index (χ3n) is 9.11. The number of hydrogen-bond donors (Lipinski definition) is 1. The summed E-state index contributed by atoms with van der Waals surface area (Å²) in [6.45, 7) is 7.30. The molecule has 0 spiro atoms. The molecule has 1 N–H and O–H groups in total. The summed E-state index contributed by atoms with van der Waals surface area (Å²) in [6.07, 6.45) is 14.6. The summed E-state index contributed by atoms with van der Waals surface area (Å²) in [4.78, 5) is 0. The van der Waals surface area contributed by atoms with Gasteiger partial charge in [-0.05, 0) is 92.8 Å². The smallest absolute Gasteiger partial charge is 0.00946 e. The van der Waals surface area contributed by atoms with Gasteiger partial charge in [0.05, 0.1) is 0 Å². The molecule has 0 saturated heterocycles. The molecular formula is C21H35N. The minimum Gasteiger partial charge on any atom is -0.310 e. The lowest BCUT2D eigenvalue weighted by Crippen LogP contribution is -2.53. The van der Waals surface area contributed by atoms with Gasteiger partial charge in [-0.1, -0.05) is 26.7 Å². The van der Waals surface area contributed by atoms with E-state index < -0.39 is 0 Å². The lowest BCUT2D eigenvalue weighted by atomic mass is 9.45. The Morgan fingerprint density at radius 1 is 0.818 bits per heavy atom. The molecule has 4 rings (SSSR count). The summed E-state index contributed by atoms with van der Waals surface area (Å²) in [5, 5.41) is 8.26. The maximum atomic E-state index is 8.26. The van der Waals surface area contributed by atoms with Crippen LogP contribution in [0, 0.1) is 45.8 Å². The first kappa shape index (κ1) is 15.2. The largest absolute Gasteiger partial charge is 0.310 e. The van der Waals surface area contributed by atoms with Crippen LogP contribution in [0.25, 0.3) is 0 Å². The van der Waals surface area contributed by atoms with Crippen molar-refractivity contribution in [1.29, 1.82) is 5.41 Å². The van der Waals surface area contributed by atoms with Crippen molar-refractivity contribution in [2.75, 3.05) is 0 Å². The summed E-state index contributed by atoms with van der Waals surface area (Å²) in [5.41, 5.74) is 2.10. The molecular weight excluding hydrogens is 266 g/mol. The predicted molar refractivity (Wildman–Crippen MR) is 93.2 cm³/mol. The Labute approximate surface area is 137 Å². The van der Waals surface area contributed by atoms with Gasteiger partial charge in [0, 0.05) is 11.6 Å². The van der Waals surface area contributed by atoms with E-state index in [1.165, 1.54) is 64.2 Å². The average Bonchev–Trinajstić information content (AvgIpc) is 2.84. The Morgan fingerprint density at radius 3 is 2.36 bits per heavy atom. The van der Waals surface area contributed by atoms with Crippen molar-refractivity contribution in [3.05, 3.63) is 0 Å². The Balaban J connectivity index is 1.63. The van der Waals surface area contributed by atoms with Gasteiger partial charge >= 0.3 is 0 Å². The predicted octanol–water partition coefficient (Wildman–Crippen LogP) is 6.08. The van der Waals surface area contributed by atoms with Crippen molar-refractivity contribution < 1.29 is 0 Å². The maximum Gasteiger partial charge on any atom is 0.00946 e. The lowest BCUT2D eigenvalue weighted by molar-refractivity contribution is -0.106. The highest BCUT2D eigenvalue weighted by Gasteiger charge is 2.59. The summed E-state index contributed by atoms with van der Waals surface area (Å²) < 4.78 is 0. The number of hydrogen-bond acceptors (Lipinski definition) is 1. The standard InChI is InChI=1S/C21H35N/c1-14(22)17-9-10-18-16-8-7-15-6-4-5-12-20(15,2)19(16)11-13-21(17,18)3/h15-19,22H,4-13H2,1-3H3/t15?,16-,17+,18-,19-,20-,21+/m0/s1. The van der Waals surface area contributed by atoms with Crippen LogP contribution >= 0.6 is 0 Å². The third kappa shape index (κ3) is 1.93. The van der Waals surface area contributed by atoms with Crippen molar-refractivity contribution in [2.24, 2.45) is 40.4 Å². The Hall–Kier alpha value is -0.330. The quantitative estimate of drug-likeness (QED) is 0.568. The zero-order chi connectivity index (χ0) is 15.5. The van der Waals surface area contributed by atoms with E-state index in [-0.39, 0.29) is 0 Å². The van der Waals surface area contributed by atoms with Crippen LogP contribution in [0.3, 0.4) is 0 Å². The molecule has 0 bridgehead atoms. The van der Waals surface area contributed by atoms with Gasteiger partial charge in [0.1, 0.15) is 0 Å². The molecule has 0 aromatic carbocycles. The molecule has 4 aliphatic rings. The first-order valence-corrected chi connectivity index (χ1v) is 10.0. The monoisotopic (exact) mass is 301 g/mol. The minimum absolute atomic E-state index is 0.463. The Kier molecular flexibility index (Phi) is 3.51. The summed E-state index contributed by atoms with van der Waals surface area (Å²) in [6, 6.07) is 0. The molecule has 7 atom stereocenters. The van der Waals surface area contributed by atoms with Crippen molar-refractivity contribution in [3.63, 3.8) is 0 Å². The molecule has 0 aromatic rings. The molecule has 1 nitrogen and oxygen atoms in total. The van der Waals surface area contributed by atoms with E-state index in [9.17, 15) is 0 Å². The highest BCUT2D eigenvalue weighted by molar-refractivity contribution is 5.82. The topological polar surface area (TPSA) is 23.9 Å². The molecule has 4 saturated carbocycles. The van der Waals surface area contributed by atoms with Gasteiger partial charge in [-0.25, -0.2) is 0 Å². The number of fused-ring (bicyclic) bond motifs is 5. The van der Waals surface area contributed by atoms with Crippen molar-refractivity contribution in [2.45, 2.75) is 85.0 Å². The molecule has 124 valence electrons. The fourth-order valence-electron chi connectivity index (χ4n) is 8.01. The molecule has 0 radical (unpaired) electrons. The molecule has 1 unspecified atom stereocenters. The van der Waals surface area contributed by atoms with Crippen LogP contribution in [-0.2, 0) is 0 Å². The molecule has 1 heteroatoms. The number of rotatable bonds is 1. The molecule has 4 aliphatic carbocycles. The first-order valence-electron chi connectivity index (χ1n) is 10.0. The average molecular weight is 302 g/mol. The van der Waals surface area contributed by atoms with Gasteiger partial charge in [-0.15, -0.1) is 0 Å². The van der Waals surface area contributed by atoms with Gasteiger partial charge in [0.15, 0.2) is 0 Å². The zero-order valence-corrected chi connectivity index (χ0v) is 15.0. The minimum atomic E-state index is 0.463. The normalized spacial score (nSPS) is 54.2. The fourth-order valence-corrected chi connectivity index (χ4v) is 8.01. The molecule has 0 aliphatic heterocycles. The van der Waals surface area contributed by atoms with E-state index in [1.54, 1.807) is 0 Å². The lowest BCUT2D eigenvalue weighted by Gasteiger charge is -2.60. The summed E-state index contributed by atoms with van der Waals surface area (Å²) in [5.74, 6) is 4.55. The van der Waals surface area contributed by atoms with Gasteiger partial charge in [-0.2, -0.15) is 0 Å². The van der Waals surface area contributed by atoms with Crippen LogP contribution in [0.4, 0.5) is 0 Å². The SMILES string of the molecule is CC(=N)[C@H]1CC[C@H]2[C@@H]3CCC4CCCC[C@]4(C)[C@H]3CC[C@]12C. The van der Waals surface area contributed by atoms with E-state index in [4.69, 9.17) is 5.41 Å². The van der Waals surface area contributed by atoms with Crippen LogP contribution < -0.4 is 0 Å². The zero-order valence-electron chi connectivity index (χ0n) is 15.0. The molecule has 4 fully saturated rings. The van der Waals surface area contributed by atoms with E-state index in [0.29, 0.717) is 16.7 Å². The van der Waals surface area contributed by atoms with Crippen LogP contribution in [0.1, 0.15) is 85.0 Å². The van der Waals surface area contributed by atoms with Crippen molar-refractivity contribution >= 4 is 5.71 Å². The van der Waals surface area contributed by atoms with Gasteiger partial charge in [-0.3, -0.25) is 0 Å². The second-order valence-corrected chi connectivity index (χ2v) is 9.76. The highest BCUT2D eigenvalue weighted by Crippen LogP contribution is 2.67. The van der Waals surface area contributed by atoms with Gasteiger partial charge in [0.2, 0.25) is 0 Å². The van der Waals surface area contributed by atoms with E-state index in [0.717, 1.165) is 29.4 Å². The van der Waals surface area contributed by atoms with Crippen molar-refractivity contribution in [3.8, 4) is 0 Å². The highest BCUT2D eigenvalue weighted by atomic mass is 14.7. The van der Waals surface area contributed by atoms with E-state index in [2.05, 4.69) is 20.8 Å². The third-order valence-corrected chi connectivity index (χ3v) is 9.11. The second kappa shape index (κ2) is 5.08. The molecule has 0 aromatic heterocycles. The summed E-state index contributed by atoms with van der Waals surface area (Å²) in [7, 11) is 0. The van der Waals surface area contributed by atoms with Crippen LogP contribution in [0.2, 0.25) is 0 Å². The Bertz CT molecular complexity index is 469. The van der Waals surface area contributed by atoms with E-state index in [1.807, 2.05) is 0 Å². The van der Waals surface area contributed by atoms with Crippen LogP contribution in [0.5, 0.6) is 0 Å². The molecule has 22 heavy (non-hydrogen) atoms. The van der Waals surface area contributed by atoms with Gasteiger partial charge < -0.3 is 5.41 Å². The fraction of sp³-hybridized carbons (Fsp3) is 0.952. The second-order valence-electron chi connectivity index (χ2n) is 9.76. The number of nitrogens with one attached hydrogen (secondary N) is 1. The maximum absolute atomic E-state index is 8.26. The summed E-state index contributed by atoms with van der Waals surface area (Å²) >= 11 is 0.